The number of nitrogens with one attached hydrogen (secondary N) is 1. The van der Waals surface area contributed by atoms with Crippen LogP contribution in [0.4, 0.5) is 4.39 Å². The minimum Gasteiger partial charge on any atom is -0.481 e. The summed E-state index contributed by atoms with van der Waals surface area (Å²) in [5.41, 5.74) is 5.54. The summed E-state index contributed by atoms with van der Waals surface area (Å²) >= 11 is 0. The standard InChI is InChI=1S/C38H33FN2O3/c39-32-9-5-4-8-30(32)29-18-28-14-17-41(21-25-10-12-27(13-11-25)26-6-2-1-3-7-26)34(28)31(19-29)35(44)40-38(15-16-38)37-22-36(23-37,24-37)20-33(42)43/h1-14,17-19H,15-16,20-24H2,(H,40,44)(H,42,43). The summed E-state index contributed by atoms with van der Waals surface area (Å²) in [6.45, 7) is 0.588. The minimum atomic E-state index is -0.741. The zero-order valence-corrected chi connectivity index (χ0v) is 24.4. The van der Waals surface area contributed by atoms with Crippen molar-refractivity contribution < 1.29 is 19.1 Å². The summed E-state index contributed by atoms with van der Waals surface area (Å²) in [4.78, 5) is 25.6. The molecule has 4 saturated carbocycles. The summed E-state index contributed by atoms with van der Waals surface area (Å²) in [5, 5.41) is 13.7. The summed E-state index contributed by atoms with van der Waals surface area (Å²) in [5.74, 6) is -1.22. The molecule has 6 heteroatoms. The van der Waals surface area contributed by atoms with Crippen LogP contribution in [0, 0.1) is 16.6 Å². The van der Waals surface area contributed by atoms with Crippen molar-refractivity contribution in [3.63, 3.8) is 0 Å². The van der Waals surface area contributed by atoms with E-state index >= 15 is 0 Å². The second-order valence-electron chi connectivity index (χ2n) is 13.4. The summed E-state index contributed by atoms with van der Waals surface area (Å²) in [6, 6.07) is 31.2. The Morgan fingerprint density at radius 1 is 0.818 bits per heavy atom. The first-order valence-electron chi connectivity index (χ1n) is 15.3. The second-order valence-corrected chi connectivity index (χ2v) is 13.4. The normalized spacial score (nSPS) is 22.6. The zero-order valence-electron chi connectivity index (χ0n) is 24.4. The molecule has 5 nitrogen and oxygen atoms in total. The lowest BCUT2D eigenvalue weighted by Gasteiger charge is -2.73. The molecule has 0 radical (unpaired) electrons. The number of carbonyl (C=O) groups excluding carboxylic acids is 1. The largest absolute Gasteiger partial charge is 0.481 e. The molecule has 4 aliphatic carbocycles. The highest BCUT2D eigenvalue weighted by Crippen LogP contribution is 2.82. The smallest absolute Gasteiger partial charge is 0.303 e. The maximum Gasteiger partial charge on any atom is 0.303 e. The van der Waals surface area contributed by atoms with Gasteiger partial charge in [0.05, 0.1) is 17.5 Å². The predicted octanol–water partition coefficient (Wildman–Crippen LogP) is 8.07. The Morgan fingerprint density at radius 3 is 2.18 bits per heavy atom. The van der Waals surface area contributed by atoms with Gasteiger partial charge in [0.15, 0.2) is 0 Å². The number of aromatic nitrogens is 1. The van der Waals surface area contributed by atoms with E-state index in [4.69, 9.17) is 0 Å². The summed E-state index contributed by atoms with van der Waals surface area (Å²) in [7, 11) is 0. The first kappa shape index (κ1) is 26.9. The van der Waals surface area contributed by atoms with E-state index in [-0.39, 0.29) is 34.5 Å². The van der Waals surface area contributed by atoms with E-state index in [0.29, 0.717) is 23.2 Å². The molecule has 44 heavy (non-hydrogen) atoms. The molecule has 2 bridgehead atoms. The molecule has 1 aromatic heterocycles. The number of rotatable bonds is 9. The number of amides is 1. The van der Waals surface area contributed by atoms with Gasteiger partial charge in [-0.2, -0.15) is 0 Å². The van der Waals surface area contributed by atoms with Crippen LogP contribution in [0.3, 0.4) is 0 Å². The second kappa shape index (κ2) is 9.65. The van der Waals surface area contributed by atoms with Crippen LogP contribution in [0.25, 0.3) is 33.2 Å². The van der Waals surface area contributed by atoms with Gasteiger partial charge in [-0.3, -0.25) is 9.59 Å². The topological polar surface area (TPSA) is 71.3 Å². The number of aliphatic carboxylic acids is 1. The quantitative estimate of drug-likeness (QED) is 0.184. The third kappa shape index (κ3) is 4.27. The van der Waals surface area contributed by atoms with Gasteiger partial charge >= 0.3 is 5.97 Å². The maximum atomic E-state index is 14.9. The van der Waals surface area contributed by atoms with Gasteiger partial charge in [-0.15, -0.1) is 0 Å². The molecule has 4 aromatic carbocycles. The molecule has 0 unspecified atom stereocenters. The van der Waals surface area contributed by atoms with Gasteiger partial charge in [-0.25, -0.2) is 4.39 Å². The van der Waals surface area contributed by atoms with Crippen LogP contribution < -0.4 is 5.32 Å². The third-order valence-corrected chi connectivity index (χ3v) is 10.5. The Morgan fingerprint density at radius 2 is 1.50 bits per heavy atom. The van der Waals surface area contributed by atoms with Crippen molar-refractivity contribution in [2.24, 2.45) is 10.8 Å². The van der Waals surface area contributed by atoms with Crippen molar-refractivity contribution in [3.8, 4) is 22.3 Å². The van der Waals surface area contributed by atoms with E-state index in [9.17, 15) is 19.1 Å². The van der Waals surface area contributed by atoms with Gasteiger partial charge < -0.3 is 15.0 Å². The molecule has 1 amide bonds. The summed E-state index contributed by atoms with van der Waals surface area (Å²) in [6.07, 6.45) is 6.64. The van der Waals surface area contributed by atoms with Gasteiger partial charge in [0.25, 0.3) is 5.91 Å². The van der Waals surface area contributed by atoms with Crippen LogP contribution in [0.2, 0.25) is 0 Å². The first-order valence-corrected chi connectivity index (χ1v) is 15.3. The molecule has 5 aromatic rings. The van der Waals surface area contributed by atoms with Gasteiger partial charge in [-0.05, 0) is 89.5 Å². The molecular formula is C38H33FN2O3. The molecule has 2 N–H and O–H groups in total. The van der Waals surface area contributed by atoms with E-state index in [1.165, 1.54) is 6.07 Å². The zero-order chi connectivity index (χ0) is 30.1. The fourth-order valence-electron chi connectivity index (χ4n) is 8.35. The highest BCUT2D eigenvalue weighted by Gasteiger charge is 2.78. The number of nitrogens with zero attached hydrogens (tertiary/aromatic N) is 1. The highest BCUT2D eigenvalue weighted by molar-refractivity contribution is 6.08. The van der Waals surface area contributed by atoms with Crippen molar-refractivity contribution in [1.82, 2.24) is 9.88 Å². The van der Waals surface area contributed by atoms with Crippen LogP contribution >= 0.6 is 0 Å². The number of carboxylic acids is 1. The Labute approximate surface area is 255 Å². The van der Waals surface area contributed by atoms with Crippen LogP contribution in [0.15, 0.2) is 103 Å². The number of halogens is 1. The molecule has 1 heterocycles. The molecule has 4 fully saturated rings. The molecule has 0 aliphatic heterocycles. The lowest BCUT2D eigenvalue weighted by atomic mass is 9.31. The molecule has 4 aliphatic rings. The Kier molecular flexibility index (Phi) is 5.89. The highest BCUT2D eigenvalue weighted by atomic mass is 19.1. The van der Waals surface area contributed by atoms with Crippen molar-refractivity contribution in [2.45, 2.75) is 50.6 Å². The Bertz CT molecular complexity index is 1920. The van der Waals surface area contributed by atoms with E-state index < -0.39 is 5.97 Å². The molecule has 0 saturated heterocycles. The van der Waals surface area contributed by atoms with Crippen molar-refractivity contribution in [1.29, 1.82) is 0 Å². The molecule has 220 valence electrons. The fraction of sp³-hybridized carbons (Fsp3) is 0.263. The number of hydrogen-bond donors (Lipinski definition) is 2. The van der Waals surface area contributed by atoms with Crippen LogP contribution in [-0.4, -0.2) is 27.1 Å². The van der Waals surface area contributed by atoms with E-state index in [1.54, 1.807) is 12.1 Å². The predicted molar refractivity (Wildman–Crippen MR) is 169 cm³/mol. The number of carboxylic acid groups (broad SMARTS) is 1. The van der Waals surface area contributed by atoms with E-state index in [2.05, 4.69) is 46.3 Å². The SMILES string of the molecule is O=C(O)CC12CC(C3(NC(=O)c4cc(-c5ccccc5F)cc5ccn(Cc6ccc(-c7ccccc7)cc6)c45)CC3)(C1)C2. The van der Waals surface area contributed by atoms with Crippen LogP contribution in [0.1, 0.15) is 54.4 Å². The van der Waals surface area contributed by atoms with Crippen molar-refractivity contribution >= 4 is 22.8 Å². The number of hydrogen-bond acceptors (Lipinski definition) is 2. The van der Waals surface area contributed by atoms with E-state index in [0.717, 1.165) is 59.7 Å². The monoisotopic (exact) mass is 584 g/mol. The maximum absolute atomic E-state index is 14.9. The number of carbonyl (C=O) groups is 2. The number of benzene rings is 4. The fourth-order valence-corrected chi connectivity index (χ4v) is 8.35. The average molecular weight is 585 g/mol. The van der Waals surface area contributed by atoms with Crippen LogP contribution in [-0.2, 0) is 11.3 Å². The van der Waals surface area contributed by atoms with E-state index in [1.807, 2.05) is 48.7 Å². The molecule has 0 atom stereocenters. The van der Waals surface area contributed by atoms with Gasteiger partial charge in [-0.1, -0.05) is 72.8 Å². The Balaban J connectivity index is 1.13. The third-order valence-electron chi connectivity index (χ3n) is 10.5. The van der Waals surface area contributed by atoms with Gasteiger partial charge in [0, 0.05) is 29.2 Å². The van der Waals surface area contributed by atoms with Crippen molar-refractivity contribution in [2.75, 3.05) is 0 Å². The van der Waals surface area contributed by atoms with Gasteiger partial charge in [0.2, 0.25) is 0 Å². The van der Waals surface area contributed by atoms with Crippen molar-refractivity contribution in [3.05, 3.63) is 120 Å². The summed E-state index contributed by atoms with van der Waals surface area (Å²) < 4.78 is 17.0. The first-order chi connectivity index (χ1) is 21.3. The number of fused-ring (bicyclic) bond motifs is 1. The lowest BCUT2D eigenvalue weighted by Crippen LogP contribution is -2.71. The molecule has 9 rings (SSSR count). The molecule has 0 spiro atoms. The Hall–Kier alpha value is -4.71. The van der Waals surface area contributed by atoms with Crippen LogP contribution in [0.5, 0.6) is 0 Å². The molecular weight excluding hydrogens is 551 g/mol. The average Bonchev–Trinajstić information content (AvgIpc) is 3.65. The lowest BCUT2D eigenvalue weighted by molar-refractivity contribution is -0.232. The van der Waals surface area contributed by atoms with Gasteiger partial charge in [0.1, 0.15) is 5.82 Å². The minimum absolute atomic E-state index is 0.00284.